The van der Waals surface area contributed by atoms with Gasteiger partial charge in [0.1, 0.15) is 5.82 Å². The summed E-state index contributed by atoms with van der Waals surface area (Å²) in [5.41, 5.74) is 2.23. The summed E-state index contributed by atoms with van der Waals surface area (Å²) in [6.45, 7) is 4.26. The van der Waals surface area contributed by atoms with Gasteiger partial charge < -0.3 is 14.9 Å². The van der Waals surface area contributed by atoms with Gasteiger partial charge in [-0.1, -0.05) is 13.0 Å². The molecule has 1 aliphatic rings. The van der Waals surface area contributed by atoms with E-state index in [9.17, 15) is 5.11 Å². The van der Waals surface area contributed by atoms with E-state index in [2.05, 4.69) is 38.9 Å². The summed E-state index contributed by atoms with van der Waals surface area (Å²) in [6, 6.07) is 6.05. The third-order valence-corrected chi connectivity index (χ3v) is 4.15. The van der Waals surface area contributed by atoms with E-state index in [4.69, 9.17) is 0 Å². The Balaban J connectivity index is 1.70. The van der Waals surface area contributed by atoms with Crippen LogP contribution in [0.3, 0.4) is 0 Å². The quantitative estimate of drug-likeness (QED) is 0.905. The molecule has 1 saturated heterocycles. The molecule has 3 heterocycles. The molecule has 0 radical (unpaired) electrons. The topological polar surface area (TPSA) is 65.4 Å². The molecular weight excluding hydrogens is 290 g/mol. The van der Waals surface area contributed by atoms with Crippen LogP contribution >= 0.6 is 0 Å². The lowest BCUT2D eigenvalue weighted by molar-refractivity contribution is 0.198. The molecule has 0 spiro atoms. The second-order valence-electron chi connectivity index (χ2n) is 5.97. The SMILES string of the molecule is CCc1ccc(CN(C)c2nccc(N3CCC(O)C3)n2)nc1. The number of aromatic nitrogens is 3. The zero-order valence-electron chi connectivity index (χ0n) is 13.7. The van der Waals surface area contributed by atoms with E-state index >= 15 is 0 Å². The van der Waals surface area contributed by atoms with Crippen LogP contribution < -0.4 is 9.80 Å². The molecular formula is C17H23N5O. The van der Waals surface area contributed by atoms with Crippen molar-refractivity contribution < 1.29 is 5.11 Å². The lowest BCUT2D eigenvalue weighted by atomic mass is 10.2. The van der Waals surface area contributed by atoms with E-state index in [0.717, 1.165) is 30.9 Å². The molecule has 6 heteroatoms. The molecule has 0 saturated carbocycles. The van der Waals surface area contributed by atoms with Gasteiger partial charge in [-0.15, -0.1) is 0 Å². The fourth-order valence-electron chi connectivity index (χ4n) is 2.72. The Morgan fingerprint density at radius 3 is 2.83 bits per heavy atom. The van der Waals surface area contributed by atoms with Crippen LogP contribution in [-0.2, 0) is 13.0 Å². The number of hydrogen-bond acceptors (Lipinski definition) is 6. The van der Waals surface area contributed by atoms with E-state index in [-0.39, 0.29) is 6.10 Å². The molecule has 0 bridgehead atoms. The highest BCUT2D eigenvalue weighted by Crippen LogP contribution is 2.20. The van der Waals surface area contributed by atoms with Gasteiger partial charge in [0.25, 0.3) is 0 Å². The Bertz CT molecular complexity index is 646. The van der Waals surface area contributed by atoms with Crippen LogP contribution in [0.15, 0.2) is 30.6 Å². The van der Waals surface area contributed by atoms with Gasteiger partial charge in [0, 0.05) is 32.5 Å². The lowest BCUT2D eigenvalue weighted by Gasteiger charge is -2.20. The lowest BCUT2D eigenvalue weighted by Crippen LogP contribution is -2.24. The van der Waals surface area contributed by atoms with Crippen molar-refractivity contribution in [3.05, 3.63) is 41.9 Å². The zero-order valence-corrected chi connectivity index (χ0v) is 13.7. The largest absolute Gasteiger partial charge is 0.391 e. The highest BCUT2D eigenvalue weighted by Gasteiger charge is 2.22. The maximum atomic E-state index is 9.67. The minimum atomic E-state index is -0.257. The van der Waals surface area contributed by atoms with Gasteiger partial charge in [-0.3, -0.25) is 4.98 Å². The van der Waals surface area contributed by atoms with Gasteiger partial charge in [0.15, 0.2) is 0 Å². The van der Waals surface area contributed by atoms with E-state index in [1.807, 2.05) is 24.2 Å². The fourth-order valence-corrected chi connectivity index (χ4v) is 2.72. The molecule has 1 fully saturated rings. The second kappa shape index (κ2) is 6.91. The van der Waals surface area contributed by atoms with Crippen LogP contribution in [0.25, 0.3) is 0 Å². The van der Waals surface area contributed by atoms with Crippen LogP contribution in [-0.4, -0.2) is 46.3 Å². The first kappa shape index (κ1) is 15.7. The van der Waals surface area contributed by atoms with Crippen LogP contribution in [0.1, 0.15) is 24.6 Å². The second-order valence-corrected chi connectivity index (χ2v) is 5.97. The summed E-state index contributed by atoms with van der Waals surface area (Å²) in [7, 11) is 1.97. The first-order valence-corrected chi connectivity index (χ1v) is 8.06. The minimum Gasteiger partial charge on any atom is -0.391 e. The van der Waals surface area contributed by atoms with Gasteiger partial charge in [-0.05, 0) is 30.5 Å². The Labute approximate surface area is 136 Å². The summed E-state index contributed by atoms with van der Waals surface area (Å²) in [5, 5.41) is 9.67. The highest BCUT2D eigenvalue weighted by molar-refractivity contribution is 5.44. The number of aliphatic hydroxyl groups excluding tert-OH is 1. The van der Waals surface area contributed by atoms with Crippen molar-refractivity contribution in [2.45, 2.75) is 32.4 Å². The maximum Gasteiger partial charge on any atom is 0.227 e. The van der Waals surface area contributed by atoms with E-state index in [0.29, 0.717) is 19.0 Å². The summed E-state index contributed by atoms with van der Waals surface area (Å²) in [5.74, 6) is 1.54. The van der Waals surface area contributed by atoms with Crippen LogP contribution in [0.2, 0.25) is 0 Å². The Morgan fingerprint density at radius 2 is 2.17 bits per heavy atom. The van der Waals surface area contributed by atoms with Gasteiger partial charge in [0.2, 0.25) is 5.95 Å². The number of nitrogens with zero attached hydrogens (tertiary/aromatic N) is 5. The van der Waals surface area contributed by atoms with E-state index in [1.165, 1.54) is 5.56 Å². The van der Waals surface area contributed by atoms with Crippen LogP contribution in [0, 0.1) is 0 Å². The average Bonchev–Trinajstić information content (AvgIpc) is 3.02. The van der Waals surface area contributed by atoms with E-state index in [1.54, 1.807) is 6.20 Å². The Morgan fingerprint density at radius 1 is 1.30 bits per heavy atom. The zero-order chi connectivity index (χ0) is 16.2. The molecule has 23 heavy (non-hydrogen) atoms. The van der Waals surface area contributed by atoms with Crippen molar-refractivity contribution in [3.8, 4) is 0 Å². The molecule has 0 amide bonds. The average molecular weight is 313 g/mol. The molecule has 6 nitrogen and oxygen atoms in total. The monoisotopic (exact) mass is 313 g/mol. The van der Waals surface area contributed by atoms with Crippen molar-refractivity contribution in [2.75, 3.05) is 29.9 Å². The summed E-state index contributed by atoms with van der Waals surface area (Å²) >= 11 is 0. The normalized spacial score (nSPS) is 17.5. The minimum absolute atomic E-state index is 0.257. The summed E-state index contributed by atoms with van der Waals surface area (Å²) in [6.07, 6.45) is 5.23. The molecule has 1 aliphatic heterocycles. The Hall–Kier alpha value is -2.21. The molecule has 0 aromatic carbocycles. The Kier molecular flexibility index (Phi) is 4.71. The van der Waals surface area contributed by atoms with Crippen LogP contribution in [0.4, 0.5) is 11.8 Å². The molecule has 3 rings (SSSR count). The number of aliphatic hydroxyl groups is 1. The predicted octanol–water partition coefficient (Wildman–Crippen LogP) is 1.64. The van der Waals surface area contributed by atoms with Gasteiger partial charge >= 0.3 is 0 Å². The molecule has 2 aromatic heterocycles. The molecule has 1 unspecified atom stereocenters. The number of pyridine rings is 1. The molecule has 0 aliphatic carbocycles. The first-order valence-electron chi connectivity index (χ1n) is 8.06. The van der Waals surface area contributed by atoms with Crippen molar-refractivity contribution >= 4 is 11.8 Å². The first-order chi connectivity index (χ1) is 11.2. The third kappa shape index (κ3) is 3.76. The van der Waals surface area contributed by atoms with Crippen molar-refractivity contribution in [3.63, 3.8) is 0 Å². The molecule has 122 valence electrons. The molecule has 1 atom stereocenters. The number of aryl methyl sites for hydroxylation is 1. The number of anilines is 2. The molecule has 2 aromatic rings. The van der Waals surface area contributed by atoms with Crippen molar-refractivity contribution in [1.29, 1.82) is 0 Å². The fraction of sp³-hybridized carbons (Fsp3) is 0.471. The standard InChI is InChI=1S/C17H23N5O/c1-3-13-4-5-14(19-10-13)11-21(2)17-18-8-6-16(20-17)22-9-7-15(23)12-22/h4-6,8,10,15,23H,3,7,9,11-12H2,1-2H3. The highest BCUT2D eigenvalue weighted by atomic mass is 16.3. The number of β-amino-alcohol motifs (C(OH)–C–C–N with tert-alkyl or cyclic N) is 1. The van der Waals surface area contributed by atoms with E-state index < -0.39 is 0 Å². The van der Waals surface area contributed by atoms with Crippen molar-refractivity contribution in [1.82, 2.24) is 15.0 Å². The maximum absolute atomic E-state index is 9.67. The van der Waals surface area contributed by atoms with Gasteiger partial charge in [0.05, 0.1) is 18.3 Å². The van der Waals surface area contributed by atoms with Gasteiger partial charge in [-0.25, -0.2) is 4.98 Å². The number of hydrogen-bond donors (Lipinski definition) is 1. The number of rotatable bonds is 5. The predicted molar refractivity (Wildman–Crippen MR) is 90.6 cm³/mol. The smallest absolute Gasteiger partial charge is 0.227 e. The van der Waals surface area contributed by atoms with Crippen molar-refractivity contribution in [2.24, 2.45) is 0 Å². The van der Waals surface area contributed by atoms with Gasteiger partial charge in [-0.2, -0.15) is 4.98 Å². The van der Waals surface area contributed by atoms with Crippen LogP contribution in [0.5, 0.6) is 0 Å². The third-order valence-electron chi connectivity index (χ3n) is 4.15. The summed E-state index contributed by atoms with van der Waals surface area (Å²) in [4.78, 5) is 17.5. The summed E-state index contributed by atoms with van der Waals surface area (Å²) < 4.78 is 0. The molecule has 1 N–H and O–H groups in total.